The minimum atomic E-state index is -4.18. The van der Waals surface area contributed by atoms with Gasteiger partial charge in [0, 0.05) is 14.1 Å². The molecular weight excluding hydrogens is 498 g/mol. The molecule has 0 fully saturated rings. The van der Waals surface area contributed by atoms with E-state index in [1.807, 2.05) is 6.07 Å². The fraction of sp³-hybridized carbons (Fsp3) is 0.158. The van der Waals surface area contributed by atoms with Crippen LogP contribution in [0.3, 0.4) is 0 Å². The maximum Gasteiger partial charge on any atom is 0.358 e. The van der Waals surface area contributed by atoms with Gasteiger partial charge in [0.1, 0.15) is 27.7 Å². The van der Waals surface area contributed by atoms with Gasteiger partial charge < -0.3 is 4.84 Å². The first kappa shape index (κ1) is 24.0. The molecule has 4 rings (SSSR count). The molecular formula is C19H15N9O5S2. The van der Waals surface area contributed by atoms with E-state index in [1.165, 1.54) is 14.1 Å². The van der Waals surface area contributed by atoms with E-state index in [0.717, 1.165) is 15.4 Å². The number of carbonyl (C=O) groups is 2. The molecule has 0 bridgehead atoms. The highest BCUT2D eigenvalue weighted by atomic mass is 32.2. The van der Waals surface area contributed by atoms with E-state index in [2.05, 4.69) is 28.9 Å². The number of anilines is 1. The van der Waals surface area contributed by atoms with Gasteiger partial charge in [0.25, 0.3) is 5.91 Å². The zero-order chi connectivity index (χ0) is 25.3. The molecule has 0 aliphatic carbocycles. The summed E-state index contributed by atoms with van der Waals surface area (Å²) in [6.45, 7) is 0. The highest BCUT2D eigenvalue weighted by Crippen LogP contribution is 2.35. The maximum atomic E-state index is 12.9. The third-order valence-electron chi connectivity index (χ3n) is 4.84. The third kappa shape index (κ3) is 4.13. The van der Waals surface area contributed by atoms with Gasteiger partial charge in [-0.3, -0.25) is 4.79 Å². The smallest absolute Gasteiger partial charge is 0.358 e. The molecule has 3 aromatic rings. The van der Waals surface area contributed by atoms with Crippen LogP contribution in [0.25, 0.3) is 11.0 Å². The van der Waals surface area contributed by atoms with Gasteiger partial charge in [0.2, 0.25) is 16.1 Å². The Bertz CT molecular complexity index is 1540. The second-order valence-electron chi connectivity index (χ2n) is 7.13. The summed E-state index contributed by atoms with van der Waals surface area (Å²) < 4.78 is 34.8. The molecule has 14 nitrogen and oxygen atoms in total. The van der Waals surface area contributed by atoms with E-state index in [1.54, 1.807) is 30.3 Å². The number of carbonyl (C=O) groups excluding carboxylic acids is 2. The van der Waals surface area contributed by atoms with Crippen molar-refractivity contribution >= 4 is 61.7 Å². The Morgan fingerprint density at radius 1 is 1.26 bits per heavy atom. The lowest BCUT2D eigenvalue weighted by Crippen LogP contribution is -2.30. The number of hydrazone groups is 1. The number of fused-ring (bicyclic) bond motifs is 1. The van der Waals surface area contributed by atoms with E-state index in [4.69, 9.17) is 5.90 Å². The van der Waals surface area contributed by atoms with Gasteiger partial charge in [-0.1, -0.05) is 18.2 Å². The van der Waals surface area contributed by atoms with E-state index in [-0.39, 0.29) is 22.4 Å². The van der Waals surface area contributed by atoms with E-state index >= 15 is 0 Å². The molecule has 1 aliphatic heterocycles. The van der Waals surface area contributed by atoms with E-state index < -0.39 is 38.4 Å². The molecule has 178 valence electrons. The lowest BCUT2D eigenvalue weighted by atomic mass is 10.1. The largest absolute Gasteiger partial charge is 0.370 e. The van der Waals surface area contributed by atoms with Crippen molar-refractivity contribution in [3.05, 3.63) is 42.0 Å². The molecule has 16 heteroatoms. The van der Waals surface area contributed by atoms with Crippen LogP contribution < -0.4 is 10.9 Å². The van der Waals surface area contributed by atoms with Crippen LogP contribution in [-0.2, 0) is 19.7 Å². The highest BCUT2D eigenvalue weighted by Gasteiger charge is 2.38. The van der Waals surface area contributed by atoms with Crippen LogP contribution in [-0.4, -0.2) is 59.2 Å². The van der Waals surface area contributed by atoms with Crippen molar-refractivity contribution < 1.29 is 22.8 Å². The molecule has 2 aromatic carbocycles. The summed E-state index contributed by atoms with van der Waals surface area (Å²) in [5.74, 6) is 3.22. The fourth-order valence-electron chi connectivity index (χ4n) is 3.14. The van der Waals surface area contributed by atoms with Crippen LogP contribution in [0.15, 0.2) is 56.6 Å². The number of azo groups is 1. The molecule has 0 radical (unpaired) electrons. The number of hydrogen-bond acceptors (Lipinski definition) is 13. The van der Waals surface area contributed by atoms with Gasteiger partial charge in [-0.15, -0.1) is 0 Å². The molecule has 0 saturated carbocycles. The first-order valence-corrected chi connectivity index (χ1v) is 11.8. The number of aromatic nitrogens is 2. The summed E-state index contributed by atoms with van der Waals surface area (Å²) in [4.78, 5) is 29.1. The molecule has 1 atom stereocenters. The Kier molecular flexibility index (Phi) is 6.32. The first-order valence-electron chi connectivity index (χ1n) is 9.62. The predicted molar refractivity (Wildman–Crippen MR) is 123 cm³/mol. The lowest BCUT2D eigenvalue weighted by molar-refractivity contribution is -0.117. The summed E-state index contributed by atoms with van der Waals surface area (Å²) >= 11 is 0.679. The van der Waals surface area contributed by atoms with Crippen molar-refractivity contribution in [2.45, 2.75) is 10.9 Å². The van der Waals surface area contributed by atoms with Crippen LogP contribution >= 0.6 is 11.7 Å². The van der Waals surface area contributed by atoms with Crippen LogP contribution in [0.2, 0.25) is 0 Å². The monoisotopic (exact) mass is 513 g/mol. The van der Waals surface area contributed by atoms with Crippen molar-refractivity contribution in [2.75, 3.05) is 19.1 Å². The Morgan fingerprint density at radius 2 is 1.94 bits per heavy atom. The Labute approximate surface area is 202 Å². The van der Waals surface area contributed by atoms with Crippen molar-refractivity contribution in [2.24, 2.45) is 21.2 Å². The van der Waals surface area contributed by atoms with Crippen molar-refractivity contribution in [3.63, 3.8) is 0 Å². The number of para-hydroxylation sites is 1. The van der Waals surface area contributed by atoms with Gasteiger partial charge in [0.15, 0.2) is 5.71 Å². The standard InChI is InChI=1S/C19H15N9O5S2/c1-27(2)35(31,32)17-11(19(30)33-21)8-12(14-16(17)26-34-25-14)22-23-15-13(9-20)24-28(18(15)29)10-6-4-3-5-7-10/h3-8,15H,21H2,1-2H3/b23-22+. The predicted octanol–water partition coefficient (Wildman–Crippen LogP) is 1.35. The van der Waals surface area contributed by atoms with E-state index in [0.29, 0.717) is 17.4 Å². The van der Waals surface area contributed by atoms with Crippen LogP contribution in [0.4, 0.5) is 11.4 Å². The number of rotatable bonds is 6. The number of sulfonamides is 1. The lowest BCUT2D eigenvalue weighted by Gasteiger charge is -2.15. The normalized spacial score (nSPS) is 16.2. The van der Waals surface area contributed by atoms with Gasteiger partial charge in [-0.25, -0.2) is 17.5 Å². The molecule has 0 spiro atoms. The molecule has 1 aliphatic rings. The maximum absolute atomic E-state index is 12.9. The SMILES string of the molecule is CN(C)S(=O)(=O)c1c(C(=O)ON)cc(/N=N/C2C(=O)N(c3ccccc3)N=C2C#N)c2nsnc12. The molecule has 35 heavy (non-hydrogen) atoms. The second-order valence-corrected chi connectivity index (χ2v) is 9.74. The Morgan fingerprint density at radius 3 is 2.57 bits per heavy atom. The van der Waals surface area contributed by atoms with Crippen LogP contribution in [0.1, 0.15) is 10.4 Å². The first-order chi connectivity index (χ1) is 16.7. The van der Waals surface area contributed by atoms with Gasteiger partial charge in [-0.2, -0.15) is 40.2 Å². The van der Waals surface area contributed by atoms with Crippen molar-refractivity contribution in [1.29, 1.82) is 5.26 Å². The highest BCUT2D eigenvalue weighted by molar-refractivity contribution is 7.89. The zero-order valence-electron chi connectivity index (χ0n) is 18.1. The van der Waals surface area contributed by atoms with Crippen LogP contribution in [0.5, 0.6) is 0 Å². The number of hydrogen-bond donors (Lipinski definition) is 1. The summed E-state index contributed by atoms with van der Waals surface area (Å²) in [6, 6.07) is 9.95. The minimum absolute atomic E-state index is 0.00792. The topological polar surface area (TPSA) is 197 Å². The number of nitriles is 1. The molecule has 1 aromatic heterocycles. The van der Waals surface area contributed by atoms with Crippen molar-refractivity contribution in [3.8, 4) is 6.07 Å². The number of nitrogens with zero attached hydrogens (tertiary/aromatic N) is 8. The Balaban J connectivity index is 1.82. The zero-order valence-corrected chi connectivity index (χ0v) is 19.7. The average molecular weight is 514 g/mol. The van der Waals surface area contributed by atoms with Crippen LogP contribution in [0, 0.1) is 11.3 Å². The second kappa shape index (κ2) is 9.23. The average Bonchev–Trinajstić information content (AvgIpc) is 3.46. The van der Waals surface area contributed by atoms with Crippen molar-refractivity contribution in [1.82, 2.24) is 13.1 Å². The van der Waals surface area contributed by atoms with Gasteiger partial charge in [-0.05, 0) is 18.2 Å². The minimum Gasteiger partial charge on any atom is -0.370 e. The fourth-order valence-corrected chi connectivity index (χ4v) is 4.94. The molecule has 2 N–H and O–H groups in total. The molecule has 1 amide bonds. The number of benzene rings is 2. The Hall–Kier alpha value is -4.17. The number of amides is 1. The van der Waals surface area contributed by atoms with Gasteiger partial charge in [0.05, 0.1) is 23.0 Å². The molecule has 1 unspecified atom stereocenters. The summed E-state index contributed by atoms with van der Waals surface area (Å²) in [5, 5.41) is 22.5. The molecule has 0 saturated heterocycles. The number of nitrogens with two attached hydrogens (primary N) is 1. The summed E-state index contributed by atoms with van der Waals surface area (Å²) in [5.41, 5.74) is -0.459. The summed E-state index contributed by atoms with van der Waals surface area (Å²) in [6.07, 6.45) is 0. The third-order valence-corrected chi connectivity index (χ3v) is 7.26. The van der Waals surface area contributed by atoms with E-state index in [9.17, 15) is 23.3 Å². The quantitative estimate of drug-likeness (QED) is 0.373. The van der Waals surface area contributed by atoms with Gasteiger partial charge >= 0.3 is 5.97 Å². The summed E-state index contributed by atoms with van der Waals surface area (Å²) in [7, 11) is -1.63. The molecule has 2 heterocycles.